The minimum Gasteiger partial charge on any atom is -0.396 e. The molecule has 3 saturated heterocycles. The zero-order chi connectivity index (χ0) is 26.3. The largest absolute Gasteiger partial charge is 0.396 e. The molecule has 2 aromatic carbocycles. The first-order valence-corrected chi connectivity index (χ1v) is 13.7. The van der Waals surface area contributed by atoms with Gasteiger partial charge in [-0.15, -0.1) is 0 Å². The van der Waals surface area contributed by atoms with Gasteiger partial charge in [-0.1, -0.05) is 46.3 Å². The number of para-hydroxylation sites is 1. The molecule has 3 N–H and O–H groups in total. The molecule has 3 amide bonds. The summed E-state index contributed by atoms with van der Waals surface area (Å²) in [6.07, 6.45) is 0.980. The smallest absolute Gasteiger partial charge is 0.250 e. The summed E-state index contributed by atoms with van der Waals surface area (Å²) in [5.74, 6) is -2.35. The van der Waals surface area contributed by atoms with E-state index in [9.17, 15) is 19.5 Å². The van der Waals surface area contributed by atoms with Gasteiger partial charge in [0.2, 0.25) is 17.7 Å². The van der Waals surface area contributed by atoms with Crippen LogP contribution in [0.4, 0.5) is 11.4 Å². The van der Waals surface area contributed by atoms with E-state index in [1.807, 2.05) is 50.2 Å². The lowest BCUT2D eigenvalue weighted by atomic mass is 9.70. The second kappa shape index (κ2) is 10.2. The van der Waals surface area contributed by atoms with E-state index in [1.54, 1.807) is 17.0 Å². The number of aliphatic hydroxyl groups excluding tert-OH is 1. The van der Waals surface area contributed by atoms with Crippen molar-refractivity contribution >= 4 is 45.0 Å². The van der Waals surface area contributed by atoms with Gasteiger partial charge in [0.05, 0.1) is 17.9 Å². The fourth-order valence-electron chi connectivity index (χ4n) is 6.18. The molecule has 196 valence electrons. The highest BCUT2D eigenvalue weighted by molar-refractivity contribution is 9.09. The number of carbonyl (C=O) groups excluding carboxylic acids is 3. The van der Waals surface area contributed by atoms with Gasteiger partial charge in [0, 0.05) is 29.4 Å². The quantitative estimate of drug-likeness (QED) is 0.333. The first kappa shape index (κ1) is 25.9. The van der Waals surface area contributed by atoms with Gasteiger partial charge in [0.15, 0.2) is 0 Å². The Hall–Kier alpha value is -2.75. The van der Waals surface area contributed by atoms with E-state index in [4.69, 9.17) is 4.74 Å². The maximum Gasteiger partial charge on any atom is 0.250 e. The van der Waals surface area contributed by atoms with Gasteiger partial charge in [-0.25, -0.2) is 0 Å². The molecule has 3 fully saturated rings. The number of halogens is 1. The molecule has 0 saturated carbocycles. The van der Waals surface area contributed by atoms with E-state index in [1.165, 1.54) is 0 Å². The molecular weight excluding hydrogens is 538 g/mol. The highest BCUT2D eigenvalue weighted by atomic mass is 79.9. The molecule has 9 heteroatoms. The van der Waals surface area contributed by atoms with Crippen LogP contribution in [0.3, 0.4) is 0 Å². The van der Waals surface area contributed by atoms with Gasteiger partial charge in [-0.2, -0.15) is 0 Å². The number of hydrogen-bond donors (Lipinski definition) is 3. The van der Waals surface area contributed by atoms with Crippen molar-refractivity contribution in [2.24, 2.45) is 11.8 Å². The Morgan fingerprint density at radius 2 is 1.86 bits per heavy atom. The molecule has 3 aliphatic rings. The first-order valence-electron chi connectivity index (χ1n) is 12.7. The highest BCUT2D eigenvalue weighted by Crippen LogP contribution is 2.60. The molecule has 5 rings (SSSR count). The molecule has 3 unspecified atom stereocenters. The lowest BCUT2D eigenvalue weighted by Gasteiger charge is -2.34. The van der Waals surface area contributed by atoms with Gasteiger partial charge in [-0.3, -0.25) is 14.4 Å². The Bertz CT molecular complexity index is 1210. The predicted octanol–water partition coefficient (Wildman–Crippen LogP) is 3.40. The fraction of sp³-hybridized carbons (Fsp3) is 0.464. The zero-order valence-electron chi connectivity index (χ0n) is 20.9. The van der Waals surface area contributed by atoms with Gasteiger partial charge in [0.1, 0.15) is 11.6 Å². The number of likely N-dealkylation sites (tertiary alicyclic amines) is 1. The minimum absolute atomic E-state index is 0.000106. The van der Waals surface area contributed by atoms with Crippen LogP contribution in [0.2, 0.25) is 0 Å². The van der Waals surface area contributed by atoms with E-state index in [2.05, 4.69) is 26.6 Å². The molecule has 3 aliphatic heterocycles. The average Bonchev–Trinajstić information content (AvgIpc) is 3.46. The fourth-order valence-corrected chi connectivity index (χ4v) is 7.13. The van der Waals surface area contributed by atoms with E-state index >= 15 is 0 Å². The van der Waals surface area contributed by atoms with Gasteiger partial charge in [-0.05, 0) is 62.4 Å². The number of carbonyl (C=O) groups is 3. The maximum absolute atomic E-state index is 13.9. The Morgan fingerprint density at radius 3 is 2.59 bits per heavy atom. The number of amides is 3. The molecule has 6 atom stereocenters. The number of benzene rings is 2. The summed E-state index contributed by atoms with van der Waals surface area (Å²) in [7, 11) is 0. The Balaban J connectivity index is 1.49. The van der Waals surface area contributed by atoms with E-state index in [0.717, 1.165) is 11.1 Å². The van der Waals surface area contributed by atoms with Gasteiger partial charge in [0.25, 0.3) is 0 Å². The number of unbranched alkanes of at least 4 members (excludes halogenated alkanes) is 1. The van der Waals surface area contributed by atoms with Crippen molar-refractivity contribution in [1.82, 2.24) is 4.90 Å². The SMILES string of the molecule is Cc1ccc(C)c(NC(=O)C2N(CCCCO)C(=O)[C@@H]3[C@H](C(=O)Nc4ccccc4)[C@H]4OC23CC4Br)c1. The molecule has 0 aliphatic carbocycles. The van der Waals surface area contributed by atoms with Crippen LogP contribution in [0.1, 0.15) is 30.4 Å². The molecule has 37 heavy (non-hydrogen) atoms. The van der Waals surface area contributed by atoms with Crippen LogP contribution in [-0.2, 0) is 19.1 Å². The predicted molar refractivity (Wildman–Crippen MR) is 143 cm³/mol. The van der Waals surface area contributed by atoms with E-state index < -0.39 is 29.6 Å². The number of nitrogens with one attached hydrogen (secondary N) is 2. The van der Waals surface area contributed by atoms with Crippen LogP contribution in [0.5, 0.6) is 0 Å². The van der Waals surface area contributed by atoms with Crippen molar-refractivity contribution in [2.45, 2.75) is 55.7 Å². The van der Waals surface area contributed by atoms with Crippen LogP contribution in [0, 0.1) is 25.7 Å². The van der Waals surface area contributed by atoms with Crippen LogP contribution in [0.15, 0.2) is 48.5 Å². The van der Waals surface area contributed by atoms with Crippen molar-refractivity contribution in [3.8, 4) is 0 Å². The van der Waals surface area contributed by atoms with Gasteiger partial charge < -0.3 is 25.4 Å². The number of nitrogens with zero attached hydrogens (tertiary/aromatic N) is 1. The lowest BCUT2D eigenvalue weighted by Crippen LogP contribution is -2.54. The van der Waals surface area contributed by atoms with Crippen LogP contribution in [-0.4, -0.2) is 63.5 Å². The molecule has 2 bridgehead atoms. The van der Waals surface area contributed by atoms with Crippen molar-refractivity contribution in [2.75, 3.05) is 23.8 Å². The van der Waals surface area contributed by atoms with Crippen LogP contribution >= 0.6 is 15.9 Å². The van der Waals surface area contributed by atoms with Crippen LogP contribution < -0.4 is 10.6 Å². The van der Waals surface area contributed by atoms with E-state index in [0.29, 0.717) is 37.2 Å². The molecular formula is C28H32BrN3O5. The number of anilines is 2. The number of fused-ring (bicyclic) bond motifs is 1. The van der Waals surface area contributed by atoms with Crippen molar-refractivity contribution < 1.29 is 24.2 Å². The Labute approximate surface area is 224 Å². The van der Waals surface area contributed by atoms with Gasteiger partial charge >= 0.3 is 0 Å². The number of alkyl halides is 1. The highest BCUT2D eigenvalue weighted by Gasteiger charge is 2.76. The molecule has 0 radical (unpaired) electrons. The molecule has 8 nitrogen and oxygen atoms in total. The normalized spacial score (nSPS) is 29.9. The molecule has 3 heterocycles. The minimum atomic E-state index is -1.12. The third kappa shape index (κ3) is 4.47. The monoisotopic (exact) mass is 569 g/mol. The van der Waals surface area contributed by atoms with Crippen LogP contribution in [0.25, 0.3) is 0 Å². The van der Waals surface area contributed by atoms with Crippen molar-refractivity contribution in [3.63, 3.8) is 0 Å². The number of ether oxygens (including phenoxy) is 1. The average molecular weight is 570 g/mol. The summed E-state index contributed by atoms with van der Waals surface area (Å²) in [4.78, 5) is 42.8. The summed E-state index contributed by atoms with van der Waals surface area (Å²) in [5, 5.41) is 15.3. The Kier molecular flexibility index (Phi) is 7.13. The second-order valence-electron chi connectivity index (χ2n) is 10.3. The number of aliphatic hydroxyl groups is 1. The summed E-state index contributed by atoms with van der Waals surface area (Å²) < 4.78 is 6.52. The summed E-state index contributed by atoms with van der Waals surface area (Å²) in [5.41, 5.74) is 2.14. The Morgan fingerprint density at radius 1 is 1.11 bits per heavy atom. The second-order valence-corrected chi connectivity index (χ2v) is 11.5. The third-order valence-electron chi connectivity index (χ3n) is 7.84. The number of rotatable bonds is 8. The standard InChI is InChI=1S/C28H32BrN3O5/c1-16-10-11-17(2)20(14-16)31-26(35)24-28-15-19(29)23(37-28)21(25(34)30-18-8-4-3-5-9-18)22(28)27(36)32(24)12-6-7-13-33/h3-5,8-11,14,19,21-24,33H,6-7,12-13,15H2,1-2H3,(H,30,34)(H,31,35)/t19?,21-,22-,23-,24?,28?/m0/s1. The van der Waals surface area contributed by atoms with Crippen molar-refractivity contribution in [3.05, 3.63) is 59.7 Å². The molecule has 0 aromatic heterocycles. The van der Waals surface area contributed by atoms with Crippen molar-refractivity contribution in [1.29, 1.82) is 0 Å². The third-order valence-corrected chi connectivity index (χ3v) is 8.68. The maximum atomic E-state index is 13.9. The van der Waals surface area contributed by atoms with E-state index in [-0.39, 0.29) is 29.2 Å². The topological polar surface area (TPSA) is 108 Å². The molecule has 2 aromatic rings. The summed E-state index contributed by atoms with van der Waals surface area (Å²) in [6.45, 7) is 4.18. The summed E-state index contributed by atoms with van der Waals surface area (Å²) in [6, 6.07) is 14.1. The zero-order valence-corrected chi connectivity index (χ0v) is 22.5. The number of hydrogen-bond acceptors (Lipinski definition) is 5. The number of aryl methyl sites for hydroxylation is 2. The first-order chi connectivity index (χ1) is 17.8. The lowest BCUT2D eigenvalue weighted by molar-refractivity contribution is -0.139. The molecule has 1 spiro atoms. The summed E-state index contributed by atoms with van der Waals surface area (Å²) >= 11 is 3.69.